The summed E-state index contributed by atoms with van der Waals surface area (Å²) in [7, 11) is 0. The molecule has 4 heteroatoms. The zero-order valence-corrected chi connectivity index (χ0v) is 14.4. The molecule has 0 aliphatic heterocycles. The van der Waals surface area contributed by atoms with E-state index < -0.39 is 5.41 Å². The van der Waals surface area contributed by atoms with Crippen molar-refractivity contribution in [3.05, 3.63) is 69.6 Å². The largest absolute Gasteiger partial charge is 0.348 e. The van der Waals surface area contributed by atoms with Crippen LogP contribution in [0.4, 0.5) is 0 Å². The Bertz CT molecular complexity index is 819. The van der Waals surface area contributed by atoms with Gasteiger partial charge in [0.2, 0.25) is 11.5 Å². The monoisotopic (exact) mass is 336 g/mol. The van der Waals surface area contributed by atoms with Crippen LogP contribution in [-0.2, 0) is 16.6 Å². The molecule has 1 unspecified atom stereocenters. The molecule has 1 aromatic heterocycles. The lowest BCUT2D eigenvalue weighted by Crippen LogP contribution is -2.45. The smallest absolute Gasteiger partial charge is 0.248 e. The summed E-state index contributed by atoms with van der Waals surface area (Å²) < 4.78 is 0. The van der Waals surface area contributed by atoms with Crippen LogP contribution < -0.4 is 10.9 Å². The van der Waals surface area contributed by atoms with E-state index >= 15 is 0 Å². The summed E-state index contributed by atoms with van der Waals surface area (Å²) in [5.41, 5.74) is 2.70. The van der Waals surface area contributed by atoms with E-state index in [0.717, 1.165) is 61.8 Å². The molecule has 0 saturated heterocycles. The summed E-state index contributed by atoms with van der Waals surface area (Å²) in [6.45, 7) is 0. The number of carbonyl (C=O) groups is 1. The van der Waals surface area contributed by atoms with Crippen LogP contribution in [0.1, 0.15) is 61.4 Å². The number of hydrogen-bond donors (Lipinski definition) is 2. The van der Waals surface area contributed by atoms with E-state index in [1.165, 1.54) is 0 Å². The number of fused-ring (bicyclic) bond motifs is 1. The van der Waals surface area contributed by atoms with Crippen molar-refractivity contribution in [1.29, 1.82) is 0 Å². The van der Waals surface area contributed by atoms with Gasteiger partial charge in [0.05, 0.1) is 11.5 Å². The third-order valence-corrected chi connectivity index (χ3v) is 5.86. The second-order valence-corrected chi connectivity index (χ2v) is 7.33. The van der Waals surface area contributed by atoms with Gasteiger partial charge in [-0.25, -0.2) is 0 Å². The summed E-state index contributed by atoms with van der Waals surface area (Å²) in [6.07, 6.45) is 6.80. The van der Waals surface area contributed by atoms with Gasteiger partial charge in [-0.05, 0) is 49.3 Å². The second kappa shape index (κ2) is 6.51. The van der Waals surface area contributed by atoms with E-state index in [1.807, 2.05) is 24.3 Å². The quantitative estimate of drug-likeness (QED) is 0.902. The minimum atomic E-state index is -0.402. The van der Waals surface area contributed by atoms with E-state index in [9.17, 15) is 9.59 Å². The first-order valence-corrected chi connectivity index (χ1v) is 9.28. The highest BCUT2D eigenvalue weighted by atomic mass is 16.2. The van der Waals surface area contributed by atoms with E-state index in [4.69, 9.17) is 0 Å². The minimum absolute atomic E-state index is 0.00529. The Morgan fingerprint density at radius 3 is 2.56 bits per heavy atom. The Morgan fingerprint density at radius 2 is 1.80 bits per heavy atom. The molecule has 1 saturated carbocycles. The Hall–Kier alpha value is -2.36. The number of pyridine rings is 1. The molecule has 1 atom stereocenters. The normalized spacial score (nSPS) is 21.5. The fraction of sp³-hybridized carbons (Fsp3) is 0.429. The maximum absolute atomic E-state index is 13.3. The van der Waals surface area contributed by atoms with E-state index in [-0.39, 0.29) is 17.5 Å². The molecule has 0 spiro atoms. The number of H-pyrrole nitrogens is 1. The van der Waals surface area contributed by atoms with Crippen molar-refractivity contribution in [1.82, 2.24) is 10.3 Å². The van der Waals surface area contributed by atoms with Gasteiger partial charge in [0.25, 0.3) is 0 Å². The van der Waals surface area contributed by atoms with Crippen LogP contribution in [0.3, 0.4) is 0 Å². The molecule has 4 rings (SSSR count). The summed E-state index contributed by atoms with van der Waals surface area (Å²) in [4.78, 5) is 27.8. The number of aromatic nitrogens is 1. The maximum atomic E-state index is 13.3. The van der Waals surface area contributed by atoms with Gasteiger partial charge in [-0.15, -0.1) is 0 Å². The van der Waals surface area contributed by atoms with Crippen molar-refractivity contribution in [3.8, 4) is 0 Å². The van der Waals surface area contributed by atoms with Crippen LogP contribution >= 0.6 is 0 Å². The first-order chi connectivity index (χ1) is 12.2. The molecule has 2 aliphatic rings. The standard InChI is InChI=1S/C21H24N2O2/c24-19-12-11-16-17(22-19)9-6-10-18(16)23-20(25)21(13-4-5-14-21)15-7-2-1-3-8-15/h1-3,7-8,11-12,18H,4-6,9-10,13-14H2,(H,22,24)(H,23,25). The molecular formula is C21H24N2O2. The molecule has 0 bridgehead atoms. The van der Waals surface area contributed by atoms with Crippen LogP contribution in [0.25, 0.3) is 0 Å². The highest BCUT2D eigenvalue weighted by Crippen LogP contribution is 2.42. The SMILES string of the molecule is O=C(NC1CCCc2[nH]c(=O)ccc21)C1(c2ccccc2)CCCC1. The van der Waals surface area contributed by atoms with Gasteiger partial charge >= 0.3 is 0 Å². The Balaban J connectivity index is 1.63. The summed E-state index contributed by atoms with van der Waals surface area (Å²) >= 11 is 0. The van der Waals surface area contributed by atoms with Crippen molar-refractivity contribution < 1.29 is 4.79 Å². The number of aryl methyl sites for hydroxylation is 1. The first kappa shape index (κ1) is 16.1. The van der Waals surface area contributed by atoms with Crippen molar-refractivity contribution in [2.75, 3.05) is 0 Å². The number of nitrogens with one attached hydrogen (secondary N) is 2. The maximum Gasteiger partial charge on any atom is 0.248 e. The third-order valence-electron chi connectivity index (χ3n) is 5.86. The lowest BCUT2D eigenvalue weighted by Gasteiger charge is -2.33. The topological polar surface area (TPSA) is 62.0 Å². The molecular weight excluding hydrogens is 312 g/mol. The number of aromatic amines is 1. The van der Waals surface area contributed by atoms with Crippen molar-refractivity contribution in [2.24, 2.45) is 0 Å². The summed E-state index contributed by atoms with van der Waals surface area (Å²) in [5.74, 6) is 0.139. The molecule has 1 amide bonds. The molecule has 1 aromatic carbocycles. The summed E-state index contributed by atoms with van der Waals surface area (Å²) in [5, 5.41) is 3.31. The lowest BCUT2D eigenvalue weighted by atomic mass is 9.77. The van der Waals surface area contributed by atoms with Crippen LogP contribution in [0.5, 0.6) is 0 Å². The van der Waals surface area contributed by atoms with Gasteiger partial charge in [0.1, 0.15) is 0 Å². The molecule has 1 heterocycles. The van der Waals surface area contributed by atoms with E-state index in [1.54, 1.807) is 6.07 Å². The van der Waals surface area contributed by atoms with Crippen LogP contribution in [0.15, 0.2) is 47.3 Å². The number of amides is 1. The molecule has 25 heavy (non-hydrogen) atoms. The molecule has 4 nitrogen and oxygen atoms in total. The number of rotatable bonds is 3. The Morgan fingerprint density at radius 1 is 1.04 bits per heavy atom. The van der Waals surface area contributed by atoms with Crippen LogP contribution in [0.2, 0.25) is 0 Å². The second-order valence-electron chi connectivity index (χ2n) is 7.33. The predicted octanol–water partition coefficient (Wildman–Crippen LogP) is 3.38. The highest BCUT2D eigenvalue weighted by molar-refractivity contribution is 5.89. The number of hydrogen-bond acceptors (Lipinski definition) is 2. The van der Waals surface area contributed by atoms with Crippen molar-refractivity contribution >= 4 is 5.91 Å². The molecule has 1 fully saturated rings. The van der Waals surface area contributed by atoms with Crippen LogP contribution in [-0.4, -0.2) is 10.9 Å². The fourth-order valence-corrected chi connectivity index (χ4v) is 4.53. The molecule has 130 valence electrons. The van der Waals surface area contributed by atoms with Gasteiger partial charge in [0, 0.05) is 11.8 Å². The molecule has 2 aliphatic carbocycles. The van der Waals surface area contributed by atoms with Gasteiger partial charge < -0.3 is 10.3 Å². The lowest BCUT2D eigenvalue weighted by molar-refractivity contribution is -0.127. The summed E-state index contributed by atoms with van der Waals surface area (Å²) in [6, 6.07) is 13.6. The van der Waals surface area contributed by atoms with Gasteiger partial charge in [0.15, 0.2) is 0 Å². The molecule has 2 aromatic rings. The van der Waals surface area contributed by atoms with Gasteiger partial charge in [-0.1, -0.05) is 43.2 Å². The third kappa shape index (κ3) is 2.90. The van der Waals surface area contributed by atoms with E-state index in [2.05, 4.69) is 22.4 Å². The van der Waals surface area contributed by atoms with E-state index in [0.29, 0.717) is 0 Å². The first-order valence-electron chi connectivity index (χ1n) is 9.28. The van der Waals surface area contributed by atoms with Crippen molar-refractivity contribution in [3.63, 3.8) is 0 Å². The zero-order chi connectivity index (χ0) is 17.3. The van der Waals surface area contributed by atoms with Crippen LogP contribution in [0, 0.1) is 0 Å². The molecule has 0 radical (unpaired) electrons. The number of carbonyl (C=O) groups excluding carboxylic acids is 1. The minimum Gasteiger partial charge on any atom is -0.348 e. The average Bonchev–Trinajstić information content (AvgIpc) is 3.13. The van der Waals surface area contributed by atoms with Crippen molar-refractivity contribution in [2.45, 2.75) is 56.4 Å². The highest BCUT2D eigenvalue weighted by Gasteiger charge is 2.43. The van der Waals surface area contributed by atoms with Gasteiger partial charge in [-0.3, -0.25) is 9.59 Å². The predicted molar refractivity (Wildman–Crippen MR) is 97.5 cm³/mol. The van der Waals surface area contributed by atoms with Gasteiger partial charge in [-0.2, -0.15) is 0 Å². The molecule has 2 N–H and O–H groups in total. The number of benzene rings is 1. The zero-order valence-electron chi connectivity index (χ0n) is 14.4. The Labute approximate surface area is 147 Å². The Kier molecular flexibility index (Phi) is 4.20. The average molecular weight is 336 g/mol. The fourth-order valence-electron chi connectivity index (χ4n) is 4.53.